The maximum absolute atomic E-state index is 10.6. The van der Waals surface area contributed by atoms with Crippen molar-refractivity contribution in [1.29, 1.82) is 0 Å². The van der Waals surface area contributed by atoms with Crippen LogP contribution in [0.15, 0.2) is 224 Å². The van der Waals surface area contributed by atoms with Crippen LogP contribution < -0.4 is 0 Å². The molecule has 0 saturated heterocycles. The standard InChI is InChI=1S/C63H37N7S/c1-9-26-47-38(18-1)39-19-2-10-27-48(39)67(47)54-33-17-34-55(68-49-28-11-7-24-44(49)45-36-37-57-58(60(45)68)46-25-8-16-35-56(46)71-57)59(54)61-64-62(69-50-29-12-3-20-40(50)41-21-4-13-30-51(41)69)66-63(65-61)70-52-31-14-5-22-42(52)43-23-6-15-32-53(43)70/h1-37H/i1D,3D,4D,5D,6D,7D,8D,9D,11D,12D,13D,14D,15D,16D,17D,18D,20D,21D,22D,23D,24D,25D,26D,28D,29D,30D,31D,32D,33D,34D,35D,36D,37D. The van der Waals surface area contributed by atoms with Gasteiger partial charge in [-0.25, -0.2) is 0 Å². The molecule has 0 atom stereocenters. The van der Waals surface area contributed by atoms with Crippen LogP contribution in [-0.4, -0.2) is 33.2 Å². The zero-order chi connectivity index (χ0) is 75.0. The Morgan fingerprint density at radius 1 is 0.324 bits per heavy atom. The van der Waals surface area contributed by atoms with Gasteiger partial charge in [0.05, 0.1) is 106 Å². The fraction of sp³-hybridized carbons (Fsp3) is 0. The molecule has 7 nitrogen and oxygen atoms in total. The largest absolute Gasteiger partial charge is 0.308 e. The van der Waals surface area contributed by atoms with Gasteiger partial charge in [0.15, 0.2) is 5.82 Å². The van der Waals surface area contributed by atoms with Gasteiger partial charge in [0, 0.05) is 63.3 Å². The lowest BCUT2D eigenvalue weighted by Gasteiger charge is -2.20. The van der Waals surface area contributed by atoms with Crippen LogP contribution in [0.2, 0.25) is 0 Å². The summed E-state index contributed by atoms with van der Waals surface area (Å²) in [5, 5.41) is -4.45. The quantitative estimate of drug-likeness (QED) is 0.173. The molecule has 0 N–H and O–H groups in total. The van der Waals surface area contributed by atoms with E-state index in [0.29, 0.717) is 11.3 Å². The summed E-state index contributed by atoms with van der Waals surface area (Å²) >= 11 is 0.607. The van der Waals surface area contributed by atoms with Crippen LogP contribution in [0.5, 0.6) is 0 Å². The maximum Gasteiger partial charge on any atom is 0.240 e. The molecule has 0 saturated carbocycles. The molecule has 0 unspecified atom stereocenters. The van der Waals surface area contributed by atoms with Crippen molar-refractivity contribution in [2.24, 2.45) is 0 Å². The Hall–Kier alpha value is -9.37. The van der Waals surface area contributed by atoms with E-state index in [1.807, 2.05) is 0 Å². The molecular weight excluding hydrogens is 887 g/mol. The first kappa shape index (κ1) is 18.8. The van der Waals surface area contributed by atoms with Gasteiger partial charge in [-0.1, -0.05) is 157 Å². The molecule has 0 aliphatic rings. The highest BCUT2D eigenvalue weighted by molar-refractivity contribution is 7.26. The summed E-state index contributed by atoms with van der Waals surface area (Å²) in [6.07, 6.45) is 0. The summed E-state index contributed by atoms with van der Waals surface area (Å²) in [4.78, 5) is 14.8. The number of para-hydroxylation sites is 7. The van der Waals surface area contributed by atoms with E-state index in [-0.39, 0.29) is 36.5 Å². The summed E-state index contributed by atoms with van der Waals surface area (Å²) in [5.41, 5.74) is -7.31. The van der Waals surface area contributed by atoms with E-state index in [4.69, 9.17) is 31.4 Å². The Labute approximate surface area is 455 Å². The van der Waals surface area contributed by atoms with E-state index in [1.54, 1.807) is 0 Å². The Morgan fingerprint density at radius 3 is 1.32 bits per heavy atom. The molecule has 0 spiro atoms. The average molecular weight is 957 g/mol. The molecule has 0 aliphatic carbocycles. The van der Waals surface area contributed by atoms with Crippen molar-refractivity contribution in [1.82, 2.24) is 33.2 Å². The molecule has 71 heavy (non-hydrogen) atoms. The molecule has 0 fully saturated rings. The normalized spacial score (nSPS) is 18.7. The molecule has 0 radical (unpaired) electrons. The fourth-order valence-corrected chi connectivity index (χ4v) is 10.5. The zero-order valence-electron chi connectivity index (χ0n) is 68.3. The van der Waals surface area contributed by atoms with E-state index in [2.05, 4.69) is 0 Å². The second kappa shape index (κ2) is 14.6. The van der Waals surface area contributed by atoms with Crippen LogP contribution in [0.1, 0.15) is 45.2 Å². The molecule has 16 aromatic rings. The molecular formula is C63H37N7S. The lowest BCUT2D eigenvalue weighted by Crippen LogP contribution is -2.12. The van der Waals surface area contributed by atoms with Crippen molar-refractivity contribution in [3.05, 3.63) is 224 Å². The SMILES string of the molecule is [2H]c1c([2H])c(-n2c3ccccc3c3c([2H])c([2H])c([2H])c([2H])c32)c(-c2nc(-n3c4c([2H])c([2H])c([2H])c([2H])c4c4c([2H])c([2H])c([2H])c([2H])c43)nc(-n3c4c([2H])c([2H])c([2H])c([2H])c4c4c([2H])c([2H])c([2H])c([2H])c43)n2)c(-n2c3c([2H])c([2H])c([2H])c([2H])c3c3c([2H])c([2H])c4sc5c([2H])c([2H])c([2H])c([2H])c5c4c32)c1[2H]. The van der Waals surface area contributed by atoms with Crippen LogP contribution in [0.3, 0.4) is 0 Å². The van der Waals surface area contributed by atoms with Crippen molar-refractivity contribution in [2.45, 2.75) is 0 Å². The van der Waals surface area contributed by atoms with Crippen molar-refractivity contribution in [3.8, 4) is 34.7 Å². The Kier molecular flexibility index (Phi) is 3.87. The Bertz CT molecular complexity index is 6570. The number of benzene rings is 10. The van der Waals surface area contributed by atoms with E-state index in [1.165, 1.54) is 24.3 Å². The highest BCUT2D eigenvalue weighted by atomic mass is 32.1. The van der Waals surface area contributed by atoms with E-state index < -0.39 is 305 Å². The van der Waals surface area contributed by atoms with Gasteiger partial charge in [-0.15, -0.1) is 11.3 Å². The monoisotopic (exact) mass is 956 g/mol. The van der Waals surface area contributed by atoms with Crippen LogP contribution in [0.25, 0.3) is 142 Å². The van der Waals surface area contributed by atoms with Gasteiger partial charge in [0.25, 0.3) is 0 Å². The van der Waals surface area contributed by atoms with Crippen molar-refractivity contribution in [3.63, 3.8) is 0 Å². The highest BCUT2D eigenvalue weighted by Crippen LogP contribution is 2.46. The molecule has 0 amide bonds. The van der Waals surface area contributed by atoms with Gasteiger partial charge in [-0.3, -0.25) is 9.13 Å². The lowest BCUT2D eigenvalue weighted by molar-refractivity contribution is 0.891. The molecule has 0 aliphatic heterocycles. The topological polar surface area (TPSA) is 58.4 Å². The van der Waals surface area contributed by atoms with Crippen molar-refractivity contribution < 1.29 is 45.2 Å². The zero-order valence-corrected chi connectivity index (χ0v) is 36.2. The first-order valence-corrected chi connectivity index (χ1v) is 22.1. The summed E-state index contributed by atoms with van der Waals surface area (Å²) in [5.74, 6) is -3.14. The first-order valence-electron chi connectivity index (χ1n) is 37.8. The summed E-state index contributed by atoms with van der Waals surface area (Å²) in [7, 11) is 0. The average Bonchev–Trinajstić information content (AvgIpc) is 1.52. The maximum atomic E-state index is 10.6. The number of hydrogen-bond donors (Lipinski definition) is 0. The van der Waals surface area contributed by atoms with Crippen LogP contribution in [0, 0.1) is 0 Å². The third kappa shape index (κ3) is 5.34. The summed E-state index contributed by atoms with van der Waals surface area (Å²) in [6.45, 7) is 0. The van der Waals surface area contributed by atoms with E-state index >= 15 is 0 Å². The highest BCUT2D eigenvalue weighted by Gasteiger charge is 2.28. The van der Waals surface area contributed by atoms with Gasteiger partial charge in [-0.2, -0.15) is 15.0 Å². The fourth-order valence-electron chi connectivity index (χ4n) is 9.57. The van der Waals surface area contributed by atoms with Crippen molar-refractivity contribution in [2.75, 3.05) is 0 Å². The van der Waals surface area contributed by atoms with Crippen LogP contribution in [0.4, 0.5) is 0 Å². The molecule has 0 bridgehead atoms. The third-order valence-corrected chi connectivity index (χ3v) is 13.4. The lowest BCUT2D eigenvalue weighted by atomic mass is 10.1. The molecule has 8 heteroatoms. The van der Waals surface area contributed by atoms with Gasteiger partial charge in [0.2, 0.25) is 11.9 Å². The second-order valence-corrected chi connectivity index (χ2v) is 16.9. The third-order valence-electron chi connectivity index (χ3n) is 12.4. The van der Waals surface area contributed by atoms with Crippen LogP contribution in [-0.2, 0) is 0 Å². The number of fused-ring (bicyclic) bond motifs is 16. The van der Waals surface area contributed by atoms with E-state index in [9.17, 15) is 28.8 Å². The smallest absolute Gasteiger partial charge is 0.240 e. The Morgan fingerprint density at radius 2 is 0.761 bits per heavy atom. The minimum atomic E-state index is -1.15. The molecule has 10 aromatic carbocycles. The molecule has 16 rings (SSSR count). The van der Waals surface area contributed by atoms with Gasteiger partial charge >= 0.3 is 0 Å². The summed E-state index contributed by atoms with van der Waals surface area (Å²) in [6, 6.07) is -24.0. The van der Waals surface area contributed by atoms with Gasteiger partial charge in [0.1, 0.15) is 0 Å². The molecule has 6 heterocycles. The van der Waals surface area contributed by atoms with Crippen LogP contribution >= 0.6 is 11.3 Å². The number of aromatic nitrogens is 7. The van der Waals surface area contributed by atoms with E-state index in [0.717, 1.165) is 18.3 Å². The van der Waals surface area contributed by atoms with Gasteiger partial charge < -0.3 is 9.13 Å². The minimum Gasteiger partial charge on any atom is -0.308 e. The number of rotatable bonds is 5. The predicted octanol–water partition coefficient (Wildman–Crippen LogP) is 16.3. The molecule has 6 aromatic heterocycles. The first-order chi connectivity index (χ1) is 49.0. The molecule has 330 valence electrons. The minimum absolute atomic E-state index is 0.0235. The van der Waals surface area contributed by atoms with Crippen molar-refractivity contribution >= 4 is 119 Å². The summed E-state index contributed by atoms with van der Waals surface area (Å²) < 4.78 is 314. The predicted molar refractivity (Wildman–Crippen MR) is 296 cm³/mol. The number of nitrogens with zero attached hydrogens (tertiary/aromatic N) is 7. The number of thiophene rings is 1. The van der Waals surface area contributed by atoms with Gasteiger partial charge in [-0.05, 0) is 66.5 Å². The second-order valence-electron chi connectivity index (χ2n) is 15.9. The number of hydrogen-bond acceptors (Lipinski definition) is 4. The Balaban J connectivity index is 1.27.